The lowest BCUT2D eigenvalue weighted by molar-refractivity contribution is -0.0366. The Morgan fingerprint density at radius 1 is 1.20 bits per heavy atom. The summed E-state index contributed by atoms with van der Waals surface area (Å²) in [7, 11) is 4.25. The van der Waals surface area contributed by atoms with Crippen molar-refractivity contribution in [2.24, 2.45) is 17.8 Å². The van der Waals surface area contributed by atoms with Crippen molar-refractivity contribution >= 4 is 0 Å². The molecule has 0 aliphatic heterocycles. The van der Waals surface area contributed by atoms with Gasteiger partial charge in [0.05, 0.1) is 12.7 Å². The Balaban J connectivity index is 2.12. The molecule has 0 heterocycles. The second-order valence-electron chi connectivity index (χ2n) is 7.14. The molecule has 1 aliphatic rings. The molecule has 1 rings (SSSR count). The van der Waals surface area contributed by atoms with Crippen LogP contribution in [0.5, 0.6) is 0 Å². The van der Waals surface area contributed by atoms with Gasteiger partial charge < -0.3 is 15.0 Å². The first-order valence-corrected chi connectivity index (χ1v) is 8.47. The summed E-state index contributed by atoms with van der Waals surface area (Å²) in [6.07, 6.45) is 5.68. The molecule has 1 aliphatic carbocycles. The van der Waals surface area contributed by atoms with E-state index >= 15 is 0 Å². The first kappa shape index (κ1) is 17.9. The van der Waals surface area contributed by atoms with E-state index in [-0.39, 0.29) is 0 Å². The molecule has 0 aromatic heterocycles. The fourth-order valence-electron chi connectivity index (χ4n) is 3.23. The predicted molar refractivity (Wildman–Crippen MR) is 87.1 cm³/mol. The molecule has 1 N–H and O–H groups in total. The maximum Gasteiger partial charge on any atom is 0.0608 e. The lowest BCUT2D eigenvalue weighted by Crippen LogP contribution is -2.36. The highest BCUT2D eigenvalue weighted by molar-refractivity contribution is 4.81. The zero-order valence-electron chi connectivity index (χ0n) is 14.3. The van der Waals surface area contributed by atoms with Crippen LogP contribution in [0.25, 0.3) is 0 Å². The van der Waals surface area contributed by atoms with Crippen molar-refractivity contribution in [3.63, 3.8) is 0 Å². The molecule has 1 fully saturated rings. The van der Waals surface area contributed by atoms with Crippen LogP contribution >= 0.6 is 0 Å². The quantitative estimate of drug-likeness (QED) is 0.659. The van der Waals surface area contributed by atoms with Gasteiger partial charge in [0.1, 0.15) is 0 Å². The molecule has 20 heavy (non-hydrogen) atoms. The van der Waals surface area contributed by atoms with Gasteiger partial charge in [0.25, 0.3) is 0 Å². The normalized spacial score (nSPS) is 27.4. The molecule has 120 valence electrons. The molecule has 0 aromatic rings. The van der Waals surface area contributed by atoms with E-state index < -0.39 is 0 Å². The summed E-state index contributed by atoms with van der Waals surface area (Å²) in [4.78, 5) is 2.23. The van der Waals surface area contributed by atoms with Crippen LogP contribution in [0.4, 0.5) is 0 Å². The molecule has 0 aromatic carbocycles. The average molecular weight is 284 g/mol. The second kappa shape index (κ2) is 9.75. The first-order valence-electron chi connectivity index (χ1n) is 8.47. The van der Waals surface area contributed by atoms with Gasteiger partial charge in [-0.25, -0.2) is 0 Å². The van der Waals surface area contributed by atoms with Gasteiger partial charge in [-0.05, 0) is 64.2 Å². The maximum atomic E-state index is 6.18. The number of nitrogens with one attached hydrogen (secondary N) is 1. The Hall–Kier alpha value is -0.120. The van der Waals surface area contributed by atoms with Gasteiger partial charge in [-0.3, -0.25) is 0 Å². The van der Waals surface area contributed by atoms with Crippen LogP contribution in [-0.4, -0.2) is 51.3 Å². The molecule has 3 heteroatoms. The monoisotopic (exact) mass is 284 g/mol. The molecule has 0 radical (unpaired) electrons. The van der Waals surface area contributed by atoms with Gasteiger partial charge in [0, 0.05) is 6.54 Å². The summed E-state index contributed by atoms with van der Waals surface area (Å²) in [5.41, 5.74) is 0. The lowest BCUT2D eigenvalue weighted by atomic mass is 9.75. The van der Waals surface area contributed by atoms with Crippen molar-refractivity contribution in [2.45, 2.75) is 52.6 Å². The molecule has 1 saturated carbocycles. The minimum Gasteiger partial charge on any atom is -0.377 e. The minimum atomic E-state index is 0.488. The second-order valence-corrected chi connectivity index (χ2v) is 7.14. The van der Waals surface area contributed by atoms with Crippen LogP contribution in [0.1, 0.15) is 46.5 Å². The van der Waals surface area contributed by atoms with Crippen LogP contribution in [0, 0.1) is 17.8 Å². The van der Waals surface area contributed by atoms with Crippen molar-refractivity contribution in [3.8, 4) is 0 Å². The van der Waals surface area contributed by atoms with E-state index in [1.807, 2.05) is 0 Å². The zero-order chi connectivity index (χ0) is 15.0. The fraction of sp³-hybridized carbons (Fsp3) is 1.00. The molecule has 0 saturated heterocycles. The summed E-state index contributed by atoms with van der Waals surface area (Å²) in [6, 6.07) is 0. The number of hydrogen-bond donors (Lipinski definition) is 1. The average Bonchev–Trinajstić information content (AvgIpc) is 2.37. The Bertz CT molecular complexity index is 243. The van der Waals surface area contributed by atoms with E-state index in [4.69, 9.17) is 4.74 Å². The molecular formula is C17H36N2O. The van der Waals surface area contributed by atoms with Crippen molar-refractivity contribution in [1.29, 1.82) is 0 Å². The standard InChI is InChI=1S/C17H36N2O/c1-14(2)16-8-7-15(3)13-17(16)20-12-10-18-9-6-11-19(4)5/h14-18H,6-13H2,1-5H3. The van der Waals surface area contributed by atoms with Gasteiger partial charge in [0.2, 0.25) is 0 Å². The third-order valence-corrected chi connectivity index (χ3v) is 4.53. The molecule has 0 amide bonds. The molecule has 0 spiro atoms. The molecular weight excluding hydrogens is 248 g/mol. The number of nitrogens with zero attached hydrogens (tertiary/aromatic N) is 1. The Morgan fingerprint density at radius 2 is 1.95 bits per heavy atom. The summed E-state index contributed by atoms with van der Waals surface area (Å²) in [5.74, 6) is 2.35. The zero-order valence-corrected chi connectivity index (χ0v) is 14.3. The largest absolute Gasteiger partial charge is 0.377 e. The third kappa shape index (κ3) is 7.05. The topological polar surface area (TPSA) is 24.5 Å². The van der Waals surface area contributed by atoms with E-state index in [9.17, 15) is 0 Å². The summed E-state index contributed by atoms with van der Waals surface area (Å²) in [6.45, 7) is 11.2. The van der Waals surface area contributed by atoms with Crippen LogP contribution in [0.3, 0.4) is 0 Å². The van der Waals surface area contributed by atoms with E-state index in [0.29, 0.717) is 6.10 Å². The number of hydrogen-bond acceptors (Lipinski definition) is 3. The van der Waals surface area contributed by atoms with Crippen LogP contribution < -0.4 is 5.32 Å². The highest BCUT2D eigenvalue weighted by atomic mass is 16.5. The van der Waals surface area contributed by atoms with Crippen molar-refractivity contribution in [2.75, 3.05) is 40.3 Å². The minimum absolute atomic E-state index is 0.488. The maximum absolute atomic E-state index is 6.18. The Kier molecular flexibility index (Phi) is 8.74. The highest BCUT2D eigenvalue weighted by Crippen LogP contribution is 2.35. The smallest absolute Gasteiger partial charge is 0.0608 e. The Morgan fingerprint density at radius 3 is 2.60 bits per heavy atom. The Labute approximate surface area is 126 Å². The summed E-state index contributed by atoms with van der Waals surface area (Å²) >= 11 is 0. The molecule has 0 bridgehead atoms. The van der Waals surface area contributed by atoms with Crippen molar-refractivity contribution < 1.29 is 4.74 Å². The summed E-state index contributed by atoms with van der Waals surface area (Å²) in [5, 5.41) is 3.48. The highest BCUT2D eigenvalue weighted by Gasteiger charge is 2.31. The SMILES string of the molecule is CC1CCC(C(C)C)C(OCCNCCCN(C)C)C1. The molecule has 3 atom stereocenters. The van der Waals surface area contributed by atoms with E-state index in [2.05, 4.69) is 45.1 Å². The van der Waals surface area contributed by atoms with E-state index in [1.54, 1.807) is 0 Å². The van der Waals surface area contributed by atoms with Crippen molar-refractivity contribution in [3.05, 3.63) is 0 Å². The van der Waals surface area contributed by atoms with Crippen LogP contribution in [-0.2, 0) is 4.74 Å². The molecule has 3 unspecified atom stereocenters. The first-order chi connectivity index (χ1) is 9.50. The fourth-order valence-corrected chi connectivity index (χ4v) is 3.23. The van der Waals surface area contributed by atoms with Gasteiger partial charge >= 0.3 is 0 Å². The number of rotatable bonds is 9. The predicted octanol–water partition coefficient (Wildman–Crippen LogP) is 3.01. The lowest BCUT2D eigenvalue weighted by Gasteiger charge is -2.37. The van der Waals surface area contributed by atoms with Crippen LogP contribution in [0.15, 0.2) is 0 Å². The third-order valence-electron chi connectivity index (χ3n) is 4.53. The molecule has 3 nitrogen and oxygen atoms in total. The van der Waals surface area contributed by atoms with Gasteiger partial charge in [-0.15, -0.1) is 0 Å². The van der Waals surface area contributed by atoms with Gasteiger partial charge in [-0.2, -0.15) is 0 Å². The van der Waals surface area contributed by atoms with Gasteiger partial charge in [0.15, 0.2) is 0 Å². The number of ether oxygens (including phenoxy) is 1. The van der Waals surface area contributed by atoms with Crippen LogP contribution in [0.2, 0.25) is 0 Å². The summed E-state index contributed by atoms with van der Waals surface area (Å²) < 4.78 is 6.18. The van der Waals surface area contributed by atoms with Crippen molar-refractivity contribution in [1.82, 2.24) is 10.2 Å². The van der Waals surface area contributed by atoms with Gasteiger partial charge in [-0.1, -0.05) is 27.2 Å². The van der Waals surface area contributed by atoms with E-state index in [0.717, 1.165) is 44.0 Å². The van der Waals surface area contributed by atoms with E-state index in [1.165, 1.54) is 25.7 Å².